The molecule has 0 radical (unpaired) electrons. The van der Waals surface area contributed by atoms with E-state index in [-0.39, 0.29) is 6.03 Å². The van der Waals surface area contributed by atoms with E-state index in [0.29, 0.717) is 28.8 Å². The van der Waals surface area contributed by atoms with Crippen LogP contribution in [0.5, 0.6) is 0 Å². The molecule has 1 N–H and O–H groups in total. The van der Waals surface area contributed by atoms with Crippen molar-refractivity contribution in [3.05, 3.63) is 76.8 Å². The number of carbonyl (C=O) groups excluding carboxylic acids is 1. The van der Waals surface area contributed by atoms with Gasteiger partial charge in [-0.3, -0.25) is 0 Å². The topological polar surface area (TPSA) is 53.4 Å². The van der Waals surface area contributed by atoms with Gasteiger partial charge in [0.2, 0.25) is 0 Å². The van der Waals surface area contributed by atoms with Gasteiger partial charge in [0, 0.05) is 57.5 Å². The van der Waals surface area contributed by atoms with E-state index >= 15 is 0 Å². The molecule has 0 aliphatic rings. The molecule has 1 aromatic heterocycles. The predicted molar refractivity (Wildman–Crippen MR) is 124 cm³/mol. The Kier molecular flexibility index (Phi) is 7.60. The first-order valence-electron chi connectivity index (χ1n) is 9.65. The lowest BCUT2D eigenvalue weighted by Crippen LogP contribution is -2.35. The van der Waals surface area contributed by atoms with Gasteiger partial charge in [-0.05, 0) is 42.3 Å². The quantitative estimate of drug-likeness (QED) is 0.506. The van der Waals surface area contributed by atoms with E-state index < -0.39 is 0 Å². The Balaban J connectivity index is 1.69. The van der Waals surface area contributed by atoms with Crippen LogP contribution >= 0.6 is 23.2 Å². The van der Waals surface area contributed by atoms with E-state index in [9.17, 15) is 4.79 Å². The Hall–Kier alpha value is -2.70. The minimum absolute atomic E-state index is 0.185. The van der Waals surface area contributed by atoms with E-state index in [4.69, 9.17) is 23.2 Å². The van der Waals surface area contributed by atoms with Crippen molar-refractivity contribution in [3.8, 4) is 0 Å². The van der Waals surface area contributed by atoms with Crippen molar-refractivity contribution in [1.82, 2.24) is 14.5 Å². The smallest absolute Gasteiger partial charge is 0.322 e. The summed E-state index contributed by atoms with van der Waals surface area (Å²) in [5.41, 5.74) is 2.79. The van der Waals surface area contributed by atoms with Gasteiger partial charge in [0.25, 0.3) is 0 Å². The standard InChI is InChI=1S/C22H25Cl2N5O/c1-27(2)19-7-4-17(5-8-19)15-29(12-3-11-28-13-10-25-16-28)22(30)26-18-6-9-20(23)21(24)14-18/h4-10,13-14,16H,3,11-12,15H2,1-2H3,(H,26,30). The van der Waals surface area contributed by atoms with Gasteiger partial charge in [-0.1, -0.05) is 35.3 Å². The number of urea groups is 1. The Labute approximate surface area is 187 Å². The molecule has 8 heteroatoms. The zero-order valence-electron chi connectivity index (χ0n) is 17.1. The molecule has 0 spiro atoms. The molecule has 158 valence electrons. The Morgan fingerprint density at radius 2 is 1.87 bits per heavy atom. The van der Waals surface area contributed by atoms with Crippen molar-refractivity contribution in [2.24, 2.45) is 0 Å². The van der Waals surface area contributed by atoms with E-state index in [0.717, 1.165) is 24.2 Å². The normalized spacial score (nSPS) is 10.7. The molecule has 3 aromatic rings. The lowest BCUT2D eigenvalue weighted by atomic mass is 10.2. The van der Waals surface area contributed by atoms with Gasteiger partial charge >= 0.3 is 6.03 Å². The van der Waals surface area contributed by atoms with Crippen molar-refractivity contribution in [1.29, 1.82) is 0 Å². The minimum atomic E-state index is -0.185. The summed E-state index contributed by atoms with van der Waals surface area (Å²) in [7, 11) is 4.00. The predicted octanol–water partition coefficient (Wildman–Crippen LogP) is 5.38. The molecular weight excluding hydrogens is 421 g/mol. The first-order chi connectivity index (χ1) is 14.4. The monoisotopic (exact) mass is 445 g/mol. The number of amides is 2. The van der Waals surface area contributed by atoms with Crippen LogP contribution < -0.4 is 10.2 Å². The van der Waals surface area contributed by atoms with Crippen LogP contribution in [-0.4, -0.2) is 41.1 Å². The molecule has 0 aliphatic heterocycles. The van der Waals surface area contributed by atoms with Gasteiger partial charge in [0.1, 0.15) is 0 Å². The average Bonchev–Trinajstić information content (AvgIpc) is 3.24. The van der Waals surface area contributed by atoms with Crippen molar-refractivity contribution in [2.75, 3.05) is 30.9 Å². The highest BCUT2D eigenvalue weighted by molar-refractivity contribution is 6.42. The number of benzene rings is 2. The van der Waals surface area contributed by atoms with E-state index in [1.165, 1.54) is 0 Å². The molecule has 1 heterocycles. The highest BCUT2D eigenvalue weighted by atomic mass is 35.5. The fourth-order valence-electron chi connectivity index (χ4n) is 3.01. The van der Waals surface area contributed by atoms with Crippen molar-refractivity contribution >= 4 is 40.6 Å². The lowest BCUT2D eigenvalue weighted by molar-refractivity contribution is 0.207. The summed E-state index contributed by atoms with van der Waals surface area (Å²) in [6, 6.07) is 13.1. The maximum absolute atomic E-state index is 13.0. The number of aryl methyl sites for hydroxylation is 1. The summed E-state index contributed by atoms with van der Waals surface area (Å²) in [4.78, 5) is 20.9. The van der Waals surface area contributed by atoms with Crippen molar-refractivity contribution in [3.63, 3.8) is 0 Å². The molecule has 3 rings (SSSR count). The van der Waals surface area contributed by atoms with Crippen LogP contribution in [0.25, 0.3) is 0 Å². The van der Waals surface area contributed by atoms with Crippen LogP contribution in [-0.2, 0) is 13.1 Å². The number of hydrogen-bond acceptors (Lipinski definition) is 3. The lowest BCUT2D eigenvalue weighted by Gasteiger charge is -2.24. The molecule has 6 nitrogen and oxygen atoms in total. The number of carbonyl (C=O) groups is 1. The summed E-state index contributed by atoms with van der Waals surface area (Å²) >= 11 is 12.1. The van der Waals surface area contributed by atoms with Gasteiger partial charge in [0.15, 0.2) is 0 Å². The van der Waals surface area contributed by atoms with Crippen LogP contribution in [0.4, 0.5) is 16.2 Å². The summed E-state index contributed by atoms with van der Waals surface area (Å²) in [5.74, 6) is 0. The number of hydrogen-bond donors (Lipinski definition) is 1. The van der Waals surface area contributed by atoms with Gasteiger partial charge in [-0.25, -0.2) is 9.78 Å². The van der Waals surface area contributed by atoms with Crippen LogP contribution in [0, 0.1) is 0 Å². The first kappa shape index (κ1) is 22.0. The van der Waals surface area contributed by atoms with E-state index in [2.05, 4.69) is 22.4 Å². The third-order valence-electron chi connectivity index (χ3n) is 4.69. The Bertz CT molecular complexity index is 958. The number of aromatic nitrogens is 2. The molecule has 0 bridgehead atoms. The number of halogens is 2. The van der Waals surface area contributed by atoms with Crippen LogP contribution in [0.3, 0.4) is 0 Å². The summed E-state index contributed by atoms with van der Waals surface area (Å²) < 4.78 is 2.00. The third-order valence-corrected chi connectivity index (χ3v) is 5.43. The fourth-order valence-corrected chi connectivity index (χ4v) is 3.31. The first-order valence-corrected chi connectivity index (χ1v) is 10.4. The highest BCUT2D eigenvalue weighted by Gasteiger charge is 2.15. The molecule has 0 fully saturated rings. The van der Waals surface area contributed by atoms with Gasteiger partial charge in [-0.2, -0.15) is 0 Å². The molecule has 0 atom stereocenters. The van der Waals surface area contributed by atoms with Crippen LogP contribution in [0.15, 0.2) is 61.2 Å². The Morgan fingerprint density at radius 3 is 2.50 bits per heavy atom. The second-order valence-electron chi connectivity index (χ2n) is 7.20. The van der Waals surface area contributed by atoms with Crippen LogP contribution in [0.2, 0.25) is 10.0 Å². The van der Waals surface area contributed by atoms with Gasteiger partial charge < -0.3 is 19.7 Å². The molecule has 2 amide bonds. The second kappa shape index (κ2) is 10.4. The maximum Gasteiger partial charge on any atom is 0.322 e. The van der Waals surface area contributed by atoms with Crippen LogP contribution in [0.1, 0.15) is 12.0 Å². The van der Waals surface area contributed by atoms with Gasteiger partial charge in [-0.15, -0.1) is 0 Å². The third kappa shape index (κ3) is 6.15. The summed E-state index contributed by atoms with van der Waals surface area (Å²) in [5, 5.41) is 3.77. The zero-order chi connectivity index (χ0) is 21.5. The molecule has 0 unspecified atom stereocenters. The number of nitrogens with zero attached hydrogens (tertiary/aromatic N) is 4. The molecule has 2 aromatic carbocycles. The molecule has 0 saturated carbocycles. The van der Waals surface area contributed by atoms with E-state index in [1.807, 2.05) is 41.9 Å². The molecule has 0 aliphatic carbocycles. The van der Waals surface area contributed by atoms with Crippen molar-refractivity contribution < 1.29 is 4.79 Å². The number of rotatable bonds is 8. The molecular formula is C22H25Cl2N5O. The van der Waals surface area contributed by atoms with Gasteiger partial charge in [0.05, 0.1) is 16.4 Å². The van der Waals surface area contributed by atoms with Crippen molar-refractivity contribution in [2.45, 2.75) is 19.5 Å². The zero-order valence-corrected chi connectivity index (χ0v) is 18.6. The summed E-state index contributed by atoms with van der Waals surface area (Å²) in [6.07, 6.45) is 6.25. The number of imidazole rings is 1. The maximum atomic E-state index is 13.0. The minimum Gasteiger partial charge on any atom is -0.378 e. The number of nitrogens with one attached hydrogen (secondary N) is 1. The average molecular weight is 446 g/mol. The summed E-state index contributed by atoms with van der Waals surface area (Å²) in [6.45, 7) is 1.89. The SMILES string of the molecule is CN(C)c1ccc(CN(CCCn2ccnc2)C(=O)Nc2ccc(Cl)c(Cl)c2)cc1. The number of anilines is 2. The van der Waals surface area contributed by atoms with E-state index in [1.54, 1.807) is 35.6 Å². The highest BCUT2D eigenvalue weighted by Crippen LogP contribution is 2.25. The second-order valence-corrected chi connectivity index (χ2v) is 8.01. The molecule has 0 saturated heterocycles. The fraction of sp³-hybridized carbons (Fsp3) is 0.273. The Morgan fingerprint density at radius 1 is 1.10 bits per heavy atom. The molecule has 30 heavy (non-hydrogen) atoms. The largest absolute Gasteiger partial charge is 0.378 e.